The standard InChI is InChI=1S/C8H12.2C7H7S.Pt/c1-2-4-6-8-7-5-3-1;2*1-8-7-5-3-2-4-6-7;/h1-2,7-8H,3-6H2;2*3-6H,1H3;. The van der Waals surface area contributed by atoms with Gasteiger partial charge in [0.1, 0.15) is 0 Å². The zero-order valence-electron chi connectivity index (χ0n) is 14.9. The first-order valence-electron chi connectivity index (χ1n) is 8.48. The normalized spacial score (nSPS) is 13.7. The molecule has 25 heavy (non-hydrogen) atoms. The maximum atomic E-state index is 2.27. The van der Waals surface area contributed by atoms with Crippen molar-refractivity contribution in [2.45, 2.75) is 35.5 Å². The molecule has 3 heteroatoms. The summed E-state index contributed by atoms with van der Waals surface area (Å²) < 4.78 is 2.97. The van der Waals surface area contributed by atoms with Crippen LogP contribution < -0.4 is 7.91 Å². The molecule has 0 aliphatic heterocycles. The second-order valence-electron chi connectivity index (χ2n) is 5.42. The third-order valence-electron chi connectivity index (χ3n) is 3.57. The number of hydrogen-bond acceptors (Lipinski definition) is 2. The van der Waals surface area contributed by atoms with E-state index in [0.717, 1.165) is 0 Å². The number of thioether (sulfide) groups is 2. The van der Waals surface area contributed by atoms with Crippen molar-refractivity contribution < 1.29 is 18.6 Å². The van der Waals surface area contributed by atoms with Crippen molar-refractivity contribution in [3.8, 4) is 0 Å². The van der Waals surface area contributed by atoms with Gasteiger partial charge in [0, 0.05) is 0 Å². The van der Waals surface area contributed by atoms with Crippen LogP contribution in [0.25, 0.3) is 0 Å². The minimum absolute atomic E-state index is 0.0365. The summed E-state index contributed by atoms with van der Waals surface area (Å²) in [7, 11) is 0. The summed E-state index contributed by atoms with van der Waals surface area (Å²) >= 11 is 3.56. The second-order valence-corrected chi connectivity index (χ2v) is 10.4. The number of rotatable bonds is 4. The van der Waals surface area contributed by atoms with Crippen LogP contribution in [0.1, 0.15) is 25.7 Å². The Morgan fingerprint density at radius 2 is 0.880 bits per heavy atom. The summed E-state index contributed by atoms with van der Waals surface area (Å²) in [5, 5.41) is 0. The van der Waals surface area contributed by atoms with Crippen LogP contribution in [0, 0.1) is 0 Å². The molecular formula is C22H26PtS2. The molecule has 0 aromatic heterocycles. The van der Waals surface area contributed by atoms with E-state index in [0.29, 0.717) is 0 Å². The van der Waals surface area contributed by atoms with Gasteiger partial charge < -0.3 is 0 Å². The van der Waals surface area contributed by atoms with Crippen LogP contribution >= 0.6 is 23.5 Å². The number of hydrogen-bond donors (Lipinski definition) is 0. The van der Waals surface area contributed by atoms with E-state index in [-0.39, 0.29) is 18.6 Å². The van der Waals surface area contributed by atoms with Crippen molar-refractivity contribution in [2.75, 3.05) is 12.5 Å². The Morgan fingerprint density at radius 3 is 1.16 bits per heavy atom. The number of benzene rings is 2. The molecule has 3 rings (SSSR count). The van der Waals surface area contributed by atoms with E-state index in [4.69, 9.17) is 0 Å². The van der Waals surface area contributed by atoms with Gasteiger partial charge in [-0.3, -0.25) is 0 Å². The second kappa shape index (κ2) is 12.6. The molecule has 0 spiro atoms. The molecule has 1 aliphatic carbocycles. The van der Waals surface area contributed by atoms with Gasteiger partial charge in [-0.1, -0.05) is 24.3 Å². The van der Waals surface area contributed by atoms with E-state index in [1.54, 1.807) is 23.5 Å². The zero-order valence-corrected chi connectivity index (χ0v) is 18.8. The fourth-order valence-corrected chi connectivity index (χ4v) is 5.28. The monoisotopic (exact) mass is 549 g/mol. The van der Waals surface area contributed by atoms with Crippen LogP contribution in [0.3, 0.4) is 0 Å². The van der Waals surface area contributed by atoms with Gasteiger partial charge in [-0.2, -0.15) is 0 Å². The first-order valence-corrected chi connectivity index (χ1v) is 13.2. The van der Waals surface area contributed by atoms with Crippen LogP contribution in [0.15, 0.2) is 82.6 Å². The molecule has 0 fully saturated rings. The maximum absolute atomic E-state index is 2.27. The molecule has 2 aromatic carbocycles. The molecule has 0 atom stereocenters. The molecule has 0 radical (unpaired) electrons. The van der Waals surface area contributed by atoms with Gasteiger partial charge in [0.15, 0.2) is 0 Å². The van der Waals surface area contributed by atoms with E-state index in [2.05, 4.69) is 85.3 Å². The van der Waals surface area contributed by atoms with Gasteiger partial charge in [0.25, 0.3) is 0 Å². The predicted molar refractivity (Wildman–Crippen MR) is 112 cm³/mol. The molecule has 2 aromatic rings. The minimum atomic E-state index is -0.0365. The van der Waals surface area contributed by atoms with E-state index in [9.17, 15) is 0 Å². The third-order valence-corrected chi connectivity index (χ3v) is 7.89. The Kier molecular flexibility index (Phi) is 10.4. The fraction of sp³-hybridized carbons (Fsp3) is 0.273. The molecule has 0 saturated carbocycles. The van der Waals surface area contributed by atoms with E-state index < -0.39 is 0 Å². The van der Waals surface area contributed by atoms with Crippen LogP contribution in [0.4, 0.5) is 0 Å². The van der Waals surface area contributed by atoms with Gasteiger partial charge in [-0.05, 0) is 25.7 Å². The van der Waals surface area contributed by atoms with Crippen molar-refractivity contribution in [1.82, 2.24) is 0 Å². The predicted octanol–water partition coefficient (Wildman–Crippen LogP) is 5.84. The van der Waals surface area contributed by atoms with Gasteiger partial charge in [0.2, 0.25) is 0 Å². The number of allylic oxidation sites excluding steroid dienone is 4. The molecular weight excluding hydrogens is 523 g/mol. The first-order chi connectivity index (χ1) is 12.3. The van der Waals surface area contributed by atoms with Crippen molar-refractivity contribution in [3.05, 3.63) is 72.8 Å². The Hall–Kier alpha value is -0.692. The van der Waals surface area contributed by atoms with Gasteiger partial charge in [0.05, 0.1) is 0 Å². The molecule has 0 saturated heterocycles. The molecule has 0 bridgehead atoms. The van der Waals surface area contributed by atoms with E-state index >= 15 is 0 Å². The van der Waals surface area contributed by atoms with E-state index in [1.165, 1.54) is 43.4 Å². The van der Waals surface area contributed by atoms with Gasteiger partial charge in [-0.15, -0.1) is 0 Å². The summed E-state index contributed by atoms with van der Waals surface area (Å²) in [5.74, 6) is 0. The molecule has 136 valence electrons. The summed E-state index contributed by atoms with van der Waals surface area (Å²) in [5.41, 5.74) is 0. The van der Waals surface area contributed by atoms with Crippen molar-refractivity contribution in [3.63, 3.8) is 0 Å². The average Bonchev–Trinajstić information content (AvgIpc) is 2.63. The molecule has 0 nitrogen and oxygen atoms in total. The first kappa shape index (κ1) is 20.6. The topological polar surface area (TPSA) is 0 Å². The SMILES string of the molecule is C1=CCCC=CCC1.CSc1cc[c]([Pt][c]2ccc(SC)cc2)cc1. The van der Waals surface area contributed by atoms with Crippen LogP contribution in [0.2, 0.25) is 0 Å². The summed E-state index contributed by atoms with van der Waals surface area (Å²) in [4.78, 5) is 2.69. The Balaban J connectivity index is 0.000000236. The third kappa shape index (κ3) is 8.49. The average molecular weight is 550 g/mol. The Morgan fingerprint density at radius 1 is 0.560 bits per heavy atom. The van der Waals surface area contributed by atoms with Crippen LogP contribution in [-0.2, 0) is 18.6 Å². The van der Waals surface area contributed by atoms with Crippen molar-refractivity contribution in [2.24, 2.45) is 0 Å². The molecule has 0 heterocycles. The summed E-state index contributed by atoms with van der Waals surface area (Å²) in [6.45, 7) is 0. The van der Waals surface area contributed by atoms with Crippen LogP contribution in [0.5, 0.6) is 0 Å². The molecule has 1 aliphatic rings. The molecule has 0 N–H and O–H groups in total. The van der Waals surface area contributed by atoms with Gasteiger partial charge in [-0.25, -0.2) is 0 Å². The fourth-order valence-electron chi connectivity index (χ4n) is 2.19. The Labute approximate surface area is 170 Å². The van der Waals surface area contributed by atoms with Crippen molar-refractivity contribution in [1.29, 1.82) is 0 Å². The van der Waals surface area contributed by atoms with Gasteiger partial charge >= 0.3 is 121 Å². The zero-order chi connectivity index (χ0) is 17.7. The van der Waals surface area contributed by atoms with Crippen molar-refractivity contribution >= 4 is 31.4 Å². The summed E-state index contributed by atoms with van der Waals surface area (Å²) in [6, 6.07) is 17.9. The summed E-state index contributed by atoms with van der Waals surface area (Å²) in [6.07, 6.45) is 18.2. The molecule has 0 unspecified atom stereocenters. The van der Waals surface area contributed by atoms with Crippen LogP contribution in [-0.4, -0.2) is 12.5 Å². The quantitative estimate of drug-likeness (QED) is 0.348. The molecule has 0 amide bonds. The Bertz CT molecular complexity index is 586. The van der Waals surface area contributed by atoms with E-state index in [1.807, 2.05) is 0 Å².